The number of methoxy groups -OCH3 is 1. The number of ether oxygens (including phenoxy) is 1. The molecule has 1 aliphatic rings. The van der Waals surface area contributed by atoms with Gasteiger partial charge in [0.25, 0.3) is 0 Å². The number of sulfone groups is 1. The van der Waals surface area contributed by atoms with E-state index in [1.54, 1.807) is 0 Å². The van der Waals surface area contributed by atoms with Gasteiger partial charge in [0, 0.05) is 12.7 Å². The molecular weight excluding hydrogens is 444 g/mol. The number of nitrogens with one attached hydrogen (secondary N) is 1. The van der Waals surface area contributed by atoms with Crippen LogP contribution in [0.3, 0.4) is 0 Å². The van der Waals surface area contributed by atoms with Crippen molar-refractivity contribution in [2.24, 2.45) is 5.14 Å². The van der Waals surface area contributed by atoms with Crippen molar-refractivity contribution in [3.8, 4) is 0 Å². The average molecular weight is 469 g/mol. The molecule has 1 aliphatic heterocycles. The minimum Gasteiger partial charge on any atom is -0.380 e. The molecule has 0 bridgehead atoms. The lowest BCUT2D eigenvalue weighted by Gasteiger charge is -2.43. The van der Waals surface area contributed by atoms with Crippen LogP contribution in [-0.2, 0) is 24.6 Å². The van der Waals surface area contributed by atoms with Crippen molar-refractivity contribution in [3.63, 3.8) is 0 Å². The molecule has 0 amide bonds. The third-order valence-electron chi connectivity index (χ3n) is 3.87. The van der Waals surface area contributed by atoms with Gasteiger partial charge in [-0.3, -0.25) is 5.32 Å². The zero-order valence-corrected chi connectivity index (χ0v) is 17.5. The smallest absolute Gasteiger partial charge is 0.320 e. The molecule has 0 aromatic carbocycles. The van der Waals surface area contributed by atoms with Crippen LogP contribution < -0.4 is 10.5 Å². The van der Waals surface area contributed by atoms with E-state index < -0.39 is 70.1 Å². The summed E-state index contributed by atoms with van der Waals surface area (Å²) in [5, 5.41) is 65.2. The van der Waals surface area contributed by atoms with Gasteiger partial charge in [-0.15, -0.1) is 0 Å². The predicted octanol–water partition coefficient (Wildman–Crippen LogP) is -4.38. The van der Waals surface area contributed by atoms with Crippen molar-refractivity contribution >= 4 is 31.6 Å². The molecule has 0 spiro atoms. The lowest BCUT2D eigenvalue weighted by atomic mass is 9.98. The second-order valence-corrected chi connectivity index (χ2v) is 12.2. The van der Waals surface area contributed by atoms with Crippen LogP contribution in [0.2, 0.25) is 0 Å². The van der Waals surface area contributed by atoms with Gasteiger partial charge < -0.3 is 35.4 Å². The van der Waals surface area contributed by atoms with E-state index in [2.05, 4.69) is 0 Å². The van der Waals surface area contributed by atoms with Gasteiger partial charge in [-0.2, -0.15) is 0 Å². The minimum atomic E-state index is -4.45. The Morgan fingerprint density at radius 1 is 1.36 bits per heavy atom. The van der Waals surface area contributed by atoms with E-state index in [4.69, 9.17) is 9.88 Å². The summed E-state index contributed by atoms with van der Waals surface area (Å²) >= 11 is 0.288. The van der Waals surface area contributed by atoms with Crippen molar-refractivity contribution in [2.75, 3.05) is 19.5 Å². The highest BCUT2D eigenvalue weighted by Crippen LogP contribution is 2.40. The average Bonchev–Trinajstić information content (AvgIpc) is 2.43. The fourth-order valence-corrected chi connectivity index (χ4v) is 6.54. The molecule has 0 fully saturated rings. The fraction of sp³-hybridized carbons (Fsp3) is 0.833. The molecule has 0 saturated carbocycles. The summed E-state index contributed by atoms with van der Waals surface area (Å²) in [6, 6.07) is -1.92. The highest BCUT2D eigenvalue weighted by molar-refractivity contribution is 8.24. The molecule has 3 atom stereocenters. The van der Waals surface area contributed by atoms with Crippen molar-refractivity contribution in [1.29, 1.82) is 0 Å². The number of primary sulfonamides is 1. The van der Waals surface area contributed by atoms with Crippen molar-refractivity contribution in [2.45, 2.75) is 42.0 Å². The van der Waals surface area contributed by atoms with Crippen LogP contribution in [0.1, 0.15) is 13.8 Å². The van der Waals surface area contributed by atoms with E-state index >= 15 is 0 Å². The minimum absolute atomic E-state index is 0.288. The predicted molar refractivity (Wildman–Crippen MR) is 97.0 cm³/mol. The lowest BCUT2D eigenvalue weighted by Crippen LogP contribution is -2.70. The normalized spacial score (nSPS) is 26.0. The maximum Gasteiger partial charge on any atom is 0.320 e. The van der Waals surface area contributed by atoms with Crippen LogP contribution in [0.4, 0.5) is 0 Å². The van der Waals surface area contributed by atoms with Gasteiger partial charge in [0.05, 0.1) is 12.6 Å². The second kappa shape index (κ2) is 8.05. The Balaban J connectivity index is 3.64. The largest absolute Gasteiger partial charge is 0.380 e. The molecule has 0 aromatic rings. The zero-order valence-electron chi connectivity index (χ0n) is 15.1. The first-order valence-electron chi connectivity index (χ1n) is 7.51. The van der Waals surface area contributed by atoms with E-state index in [0.717, 1.165) is 14.0 Å². The summed E-state index contributed by atoms with van der Waals surface area (Å²) in [4.78, 5) is 0. The first kappa shape index (κ1) is 25.7. The number of rotatable bonds is 8. The summed E-state index contributed by atoms with van der Waals surface area (Å²) in [5.41, 5.74) is -3.42. The van der Waals surface area contributed by atoms with Crippen molar-refractivity contribution < 1.29 is 52.2 Å². The Hall–Kier alpha value is -0.370. The van der Waals surface area contributed by atoms with E-state index in [-0.39, 0.29) is 11.8 Å². The van der Waals surface area contributed by atoms with Gasteiger partial charge in [0.2, 0.25) is 10.0 Å². The van der Waals surface area contributed by atoms with Crippen LogP contribution >= 0.6 is 11.8 Å². The van der Waals surface area contributed by atoms with Crippen LogP contribution in [0.5, 0.6) is 0 Å². The Labute approximate surface area is 165 Å². The molecule has 13 nitrogen and oxygen atoms in total. The fourth-order valence-electron chi connectivity index (χ4n) is 2.27. The van der Waals surface area contributed by atoms with E-state index in [1.807, 2.05) is 5.32 Å². The van der Waals surface area contributed by atoms with Crippen LogP contribution in [0.25, 0.3) is 0 Å². The van der Waals surface area contributed by atoms with Gasteiger partial charge in [-0.05, 0) is 13.8 Å². The molecule has 0 aliphatic carbocycles. The highest BCUT2D eigenvalue weighted by Gasteiger charge is 2.54. The number of aliphatic hydroxyl groups is 6. The van der Waals surface area contributed by atoms with Gasteiger partial charge >= 0.3 is 5.97 Å². The van der Waals surface area contributed by atoms with Crippen molar-refractivity contribution in [3.05, 3.63) is 9.81 Å². The Kier molecular flexibility index (Phi) is 7.37. The Morgan fingerprint density at radius 3 is 2.25 bits per heavy atom. The van der Waals surface area contributed by atoms with E-state index in [1.165, 1.54) is 0 Å². The SMILES string of the molecule is COCC1=C(SC(C)S(N)(=O)=O)S(=O)(=O)CC(O)(O)C1NC(C)(O)C(O)(O)O. The quantitative estimate of drug-likeness (QED) is 0.157. The van der Waals surface area contributed by atoms with Gasteiger partial charge in [0.1, 0.15) is 14.6 Å². The number of hydrogen-bond donors (Lipinski definition) is 8. The van der Waals surface area contributed by atoms with Gasteiger partial charge in [0.15, 0.2) is 21.3 Å². The van der Waals surface area contributed by atoms with Crippen LogP contribution in [0, 0.1) is 0 Å². The summed E-state index contributed by atoms with van der Waals surface area (Å²) in [6.45, 7) is 1.17. The van der Waals surface area contributed by atoms with Crippen LogP contribution in [-0.4, -0.2) is 95.1 Å². The first-order valence-corrected chi connectivity index (χ1v) is 11.7. The lowest BCUT2D eigenvalue weighted by molar-refractivity contribution is -0.397. The molecule has 1 rings (SSSR count). The number of sulfonamides is 1. The molecule has 1 heterocycles. The molecule has 0 aromatic heterocycles. The van der Waals surface area contributed by atoms with E-state index in [0.29, 0.717) is 6.92 Å². The molecule has 0 radical (unpaired) electrons. The van der Waals surface area contributed by atoms with Gasteiger partial charge in [-0.1, -0.05) is 11.8 Å². The second-order valence-electron chi connectivity index (χ2n) is 6.44. The number of thioether (sulfide) groups is 1. The standard InChI is InChI=1S/C12H24N2O11S3/c1-6(28(13,23)24)26-9-7(4-25-3)8(11(16,17)5-27(9,21)22)14-10(2,15)12(18,19)20/h6,8,14-20H,4-5H2,1-3H3,(H2,13,23,24). The van der Waals surface area contributed by atoms with Crippen LogP contribution in [0.15, 0.2) is 9.81 Å². The topological polar surface area (TPSA) is 237 Å². The monoisotopic (exact) mass is 468 g/mol. The molecule has 16 heteroatoms. The summed E-state index contributed by atoms with van der Waals surface area (Å²) in [7, 11) is -7.51. The molecule has 28 heavy (non-hydrogen) atoms. The Morgan fingerprint density at radius 2 is 1.86 bits per heavy atom. The van der Waals surface area contributed by atoms with Gasteiger partial charge in [-0.25, -0.2) is 22.0 Å². The van der Waals surface area contributed by atoms with Crippen molar-refractivity contribution in [1.82, 2.24) is 5.32 Å². The summed E-state index contributed by atoms with van der Waals surface area (Å²) < 4.78 is 50.8. The van der Waals surface area contributed by atoms with E-state index in [9.17, 15) is 47.5 Å². The molecule has 3 unspecified atom stereocenters. The highest BCUT2D eigenvalue weighted by atomic mass is 32.3. The Bertz CT molecular complexity index is 827. The summed E-state index contributed by atoms with van der Waals surface area (Å²) in [5.74, 6) is -8.20. The molecule has 166 valence electrons. The first-order chi connectivity index (χ1) is 12.3. The maximum absolute atomic E-state index is 12.5. The zero-order chi connectivity index (χ0) is 22.3. The molecule has 9 N–H and O–H groups in total. The number of nitrogens with two attached hydrogens (primary N) is 1. The molecular formula is C12H24N2O11S3. The summed E-state index contributed by atoms with van der Waals surface area (Å²) in [6.07, 6.45) is 0. The molecule has 0 saturated heterocycles. The third-order valence-corrected chi connectivity index (χ3v) is 9.38. The third kappa shape index (κ3) is 5.61. The number of hydrogen-bond acceptors (Lipinski definition) is 13. The maximum atomic E-state index is 12.5.